The van der Waals surface area contributed by atoms with Crippen molar-refractivity contribution in [3.8, 4) is 17.2 Å². The smallest absolute Gasteiger partial charge is 0.161 e. The molecule has 26 heavy (non-hydrogen) atoms. The van der Waals surface area contributed by atoms with Crippen molar-refractivity contribution in [2.24, 2.45) is 5.92 Å². The number of aliphatic hydroxyl groups is 2. The van der Waals surface area contributed by atoms with Crippen molar-refractivity contribution in [1.29, 1.82) is 0 Å². The fourth-order valence-corrected chi connectivity index (χ4v) is 2.71. The first-order chi connectivity index (χ1) is 12.6. The molecule has 0 radical (unpaired) electrons. The van der Waals surface area contributed by atoms with Gasteiger partial charge in [0.2, 0.25) is 0 Å². The minimum absolute atomic E-state index is 0.108. The van der Waals surface area contributed by atoms with Crippen LogP contribution in [0, 0.1) is 5.92 Å². The quantitative estimate of drug-likeness (QED) is 0.718. The molecular weight excluding hydrogens is 332 g/mol. The Morgan fingerprint density at radius 3 is 2.19 bits per heavy atom. The van der Waals surface area contributed by atoms with Gasteiger partial charge in [-0.3, -0.25) is 0 Å². The third kappa shape index (κ3) is 5.00. The summed E-state index contributed by atoms with van der Waals surface area (Å²) >= 11 is 0. The van der Waals surface area contributed by atoms with Crippen LogP contribution in [0.2, 0.25) is 0 Å². The maximum Gasteiger partial charge on any atom is 0.161 e. The number of aliphatic hydroxyl groups excluding tert-OH is 2. The van der Waals surface area contributed by atoms with Gasteiger partial charge in [0.15, 0.2) is 11.5 Å². The zero-order valence-corrected chi connectivity index (χ0v) is 15.4. The molecule has 0 aliphatic heterocycles. The van der Waals surface area contributed by atoms with Crippen molar-refractivity contribution in [2.75, 3.05) is 27.9 Å². The lowest BCUT2D eigenvalue weighted by Gasteiger charge is -2.20. The van der Waals surface area contributed by atoms with E-state index >= 15 is 0 Å². The van der Waals surface area contributed by atoms with E-state index in [1.807, 2.05) is 42.5 Å². The van der Waals surface area contributed by atoms with Crippen LogP contribution in [-0.4, -0.2) is 38.1 Å². The maximum absolute atomic E-state index is 10.5. The fraction of sp³-hybridized carbons (Fsp3) is 0.333. The molecule has 0 saturated heterocycles. The Balaban J connectivity index is 2.04. The number of hydrogen-bond acceptors (Lipinski definition) is 5. The SMILES string of the molecule is COc1ccc([C@@H](O)[C@H](CO)C/C=C/c2ccc(OC)c(OC)c2)cc1. The first-order valence-corrected chi connectivity index (χ1v) is 8.44. The van der Waals surface area contributed by atoms with Gasteiger partial charge < -0.3 is 24.4 Å². The van der Waals surface area contributed by atoms with Crippen LogP contribution in [0.1, 0.15) is 23.7 Å². The van der Waals surface area contributed by atoms with Gasteiger partial charge in [0.25, 0.3) is 0 Å². The molecule has 0 saturated carbocycles. The molecule has 5 heteroatoms. The highest BCUT2D eigenvalue weighted by atomic mass is 16.5. The van der Waals surface area contributed by atoms with E-state index in [-0.39, 0.29) is 12.5 Å². The van der Waals surface area contributed by atoms with Crippen molar-refractivity contribution in [3.63, 3.8) is 0 Å². The highest BCUT2D eigenvalue weighted by Gasteiger charge is 2.19. The second kappa shape index (κ2) is 9.85. The van der Waals surface area contributed by atoms with Crippen LogP contribution in [-0.2, 0) is 0 Å². The van der Waals surface area contributed by atoms with Crippen LogP contribution in [0.4, 0.5) is 0 Å². The van der Waals surface area contributed by atoms with Crippen LogP contribution in [0.3, 0.4) is 0 Å². The molecule has 140 valence electrons. The van der Waals surface area contributed by atoms with Gasteiger partial charge in [0.05, 0.1) is 27.4 Å². The lowest BCUT2D eigenvalue weighted by Crippen LogP contribution is -2.16. The first kappa shape index (κ1) is 19.8. The highest BCUT2D eigenvalue weighted by molar-refractivity contribution is 5.55. The predicted molar refractivity (Wildman–Crippen MR) is 102 cm³/mol. The molecule has 2 rings (SSSR count). The summed E-state index contributed by atoms with van der Waals surface area (Å²) in [6.45, 7) is -0.108. The van der Waals surface area contributed by atoms with E-state index in [2.05, 4.69) is 0 Å². The molecule has 2 N–H and O–H groups in total. The van der Waals surface area contributed by atoms with Gasteiger partial charge in [-0.25, -0.2) is 0 Å². The second-order valence-corrected chi connectivity index (χ2v) is 5.91. The molecule has 0 heterocycles. The molecule has 0 aliphatic rings. The summed E-state index contributed by atoms with van der Waals surface area (Å²) in [5.41, 5.74) is 1.71. The van der Waals surface area contributed by atoms with Gasteiger partial charge in [0, 0.05) is 12.5 Å². The van der Waals surface area contributed by atoms with Gasteiger partial charge in [-0.2, -0.15) is 0 Å². The maximum atomic E-state index is 10.5. The Morgan fingerprint density at radius 1 is 0.923 bits per heavy atom. The first-order valence-electron chi connectivity index (χ1n) is 8.44. The molecule has 0 unspecified atom stereocenters. The Labute approximate surface area is 154 Å². The number of ether oxygens (including phenoxy) is 3. The summed E-state index contributed by atoms with van der Waals surface area (Å²) < 4.78 is 15.6. The number of hydrogen-bond donors (Lipinski definition) is 2. The standard InChI is InChI=1S/C21H26O5/c1-24-18-10-8-16(9-11-18)21(23)17(14-22)6-4-5-15-7-12-19(25-2)20(13-15)26-3/h4-5,7-13,17,21-23H,6,14H2,1-3H3/b5-4+/t17-,21+/m0/s1. The molecule has 0 fully saturated rings. The summed E-state index contributed by atoms with van der Waals surface area (Å²) in [6, 6.07) is 12.9. The van der Waals surface area contributed by atoms with Crippen LogP contribution in [0.5, 0.6) is 17.2 Å². The van der Waals surface area contributed by atoms with E-state index in [0.717, 1.165) is 16.9 Å². The van der Waals surface area contributed by atoms with Gasteiger partial charge in [-0.1, -0.05) is 30.4 Å². The molecular formula is C21H26O5. The van der Waals surface area contributed by atoms with Crippen molar-refractivity contribution < 1.29 is 24.4 Å². The molecule has 0 bridgehead atoms. The van der Waals surface area contributed by atoms with Crippen molar-refractivity contribution in [1.82, 2.24) is 0 Å². The van der Waals surface area contributed by atoms with E-state index in [4.69, 9.17) is 14.2 Å². The van der Waals surface area contributed by atoms with Crippen molar-refractivity contribution >= 4 is 6.08 Å². The van der Waals surface area contributed by atoms with Crippen LogP contribution < -0.4 is 14.2 Å². The molecule has 2 atom stereocenters. The number of rotatable bonds is 9. The zero-order chi connectivity index (χ0) is 18.9. The Kier molecular flexibility index (Phi) is 7.51. The Bertz CT molecular complexity index is 709. The van der Waals surface area contributed by atoms with E-state index in [0.29, 0.717) is 17.9 Å². The third-order valence-electron chi connectivity index (χ3n) is 4.30. The summed E-state index contributed by atoms with van der Waals surface area (Å²) in [4.78, 5) is 0. The fourth-order valence-electron chi connectivity index (χ4n) is 2.71. The molecule has 2 aromatic rings. The minimum atomic E-state index is -0.749. The summed E-state index contributed by atoms with van der Waals surface area (Å²) in [5.74, 6) is 1.77. The molecule has 0 aromatic heterocycles. The topological polar surface area (TPSA) is 68.2 Å². The largest absolute Gasteiger partial charge is 0.497 e. The lowest BCUT2D eigenvalue weighted by atomic mass is 9.93. The van der Waals surface area contributed by atoms with Crippen LogP contribution in [0.15, 0.2) is 48.5 Å². The number of benzene rings is 2. The van der Waals surface area contributed by atoms with Crippen molar-refractivity contribution in [3.05, 3.63) is 59.7 Å². The molecule has 0 amide bonds. The number of allylic oxidation sites excluding steroid dienone is 1. The molecule has 5 nitrogen and oxygen atoms in total. The molecule has 0 aliphatic carbocycles. The van der Waals surface area contributed by atoms with Gasteiger partial charge in [0.1, 0.15) is 5.75 Å². The van der Waals surface area contributed by atoms with Crippen LogP contribution in [0.25, 0.3) is 6.08 Å². The number of methoxy groups -OCH3 is 3. The monoisotopic (exact) mass is 358 g/mol. The Morgan fingerprint density at radius 2 is 1.62 bits per heavy atom. The van der Waals surface area contributed by atoms with Crippen LogP contribution >= 0.6 is 0 Å². The average molecular weight is 358 g/mol. The third-order valence-corrected chi connectivity index (χ3v) is 4.30. The van der Waals surface area contributed by atoms with Gasteiger partial charge >= 0.3 is 0 Å². The summed E-state index contributed by atoms with van der Waals surface area (Å²) in [5, 5.41) is 20.2. The lowest BCUT2D eigenvalue weighted by molar-refractivity contribution is 0.0684. The van der Waals surface area contributed by atoms with Gasteiger partial charge in [-0.05, 0) is 41.8 Å². The Hall–Kier alpha value is -2.50. The predicted octanol–water partition coefficient (Wildman–Crippen LogP) is 3.46. The van der Waals surface area contributed by atoms with E-state index in [1.54, 1.807) is 33.5 Å². The minimum Gasteiger partial charge on any atom is -0.497 e. The average Bonchev–Trinajstić information content (AvgIpc) is 2.70. The molecule has 0 spiro atoms. The van der Waals surface area contributed by atoms with Gasteiger partial charge in [-0.15, -0.1) is 0 Å². The van der Waals surface area contributed by atoms with Crippen molar-refractivity contribution in [2.45, 2.75) is 12.5 Å². The van der Waals surface area contributed by atoms with E-state index in [1.165, 1.54) is 0 Å². The van der Waals surface area contributed by atoms with E-state index in [9.17, 15) is 10.2 Å². The zero-order valence-electron chi connectivity index (χ0n) is 15.4. The second-order valence-electron chi connectivity index (χ2n) is 5.91. The van der Waals surface area contributed by atoms with E-state index < -0.39 is 6.10 Å². The normalized spacial score (nSPS) is 13.4. The summed E-state index contributed by atoms with van der Waals surface area (Å²) in [6.07, 6.45) is 3.67. The summed E-state index contributed by atoms with van der Waals surface area (Å²) in [7, 11) is 4.79. The highest BCUT2D eigenvalue weighted by Crippen LogP contribution is 2.29. The molecule has 2 aromatic carbocycles.